The van der Waals surface area contributed by atoms with E-state index >= 15 is 0 Å². The lowest BCUT2D eigenvalue weighted by molar-refractivity contribution is 0.0614. The summed E-state index contributed by atoms with van der Waals surface area (Å²) in [4.78, 5) is 42.9. The Balaban J connectivity index is 2.25. The van der Waals surface area contributed by atoms with E-state index in [1.165, 1.54) is 19.2 Å². The first kappa shape index (κ1) is 26.9. The number of hydrogen-bond donors (Lipinski definition) is 0. The summed E-state index contributed by atoms with van der Waals surface area (Å²) in [5, 5.41) is 3.95. The van der Waals surface area contributed by atoms with Gasteiger partial charge < -0.3 is 14.3 Å². The van der Waals surface area contributed by atoms with E-state index in [2.05, 4.69) is 5.16 Å². The molecule has 0 spiro atoms. The minimum Gasteiger partial charge on any atom is -0.400 e. The molecule has 2 aromatic carbocycles. The van der Waals surface area contributed by atoms with E-state index < -0.39 is 16.8 Å². The van der Waals surface area contributed by atoms with Gasteiger partial charge in [-0.15, -0.1) is 0 Å². The molecular weight excluding hydrogens is 434 g/mol. The van der Waals surface area contributed by atoms with Gasteiger partial charge in [-0.05, 0) is 29.4 Å². The highest BCUT2D eigenvalue weighted by Crippen LogP contribution is 2.22. The van der Waals surface area contributed by atoms with Crippen molar-refractivity contribution in [3.8, 4) is 0 Å². The van der Waals surface area contributed by atoms with Gasteiger partial charge in [0.05, 0.1) is 12.2 Å². The molecule has 7 nitrogen and oxygen atoms in total. The lowest BCUT2D eigenvalue weighted by Crippen LogP contribution is -2.21. The number of ketones is 2. The summed E-state index contributed by atoms with van der Waals surface area (Å²) in [6.07, 6.45) is 0. The third-order valence-electron chi connectivity index (χ3n) is 4.85. The van der Waals surface area contributed by atoms with Crippen LogP contribution in [0.2, 0.25) is 0 Å². The second-order valence-corrected chi connectivity index (χ2v) is 9.92. The first-order chi connectivity index (χ1) is 15.8. The van der Waals surface area contributed by atoms with Crippen LogP contribution in [-0.4, -0.2) is 43.8 Å². The zero-order valence-electron chi connectivity index (χ0n) is 20.9. The molecule has 2 aromatic rings. The maximum absolute atomic E-state index is 12.8. The highest BCUT2D eigenvalue weighted by molar-refractivity contribution is 6.06. The van der Waals surface area contributed by atoms with Crippen LogP contribution < -0.4 is 0 Å². The fraction of sp³-hybridized carbons (Fsp3) is 0.407. The molecule has 182 valence electrons. The number of oxime groups is 1. The molecular formula is C27H33NO6. The molecule has 2 rings (SSSR count). The first-order valence-electron chi connectivity index (χ1n) is 11.1. The van der Waals surface area contributed by atoms with Crippen LogP contribution in [0, 0.1) is 10.8 Å². The van der Waals surface area contributed by atoms with E-state index in [1.54, 1.807) is 36.4 Å². The van der Waals surface area contributed by atoms with Gasteiger partial charge in [-0.25, -0.2) is 4.79 Å². The number of carbonyl (C=O) groups is 3. The Bertz CT molecular complexity index is 1040. The fourth-order valence-corrected chi connectivity index (χ4v) is 2.89. The maximum atomic E-state index is 12.8. The van der Waals surface area contributed by atoms with Gasteiger partial charge in [0, 0.05) is 34.6 Å². The van der Waals surface area contributed by atoms with Crippen molar-refractivity contribution in [2.75, 3.05) is 20.3 Å². The number of benzene rings is 2. The van der Waals surface area contributed by atoms with Gasteiger partial charge >= 0.3 is 5.97 Å². The molecule has 0 radical (unpaired) electrons. The second kappa shape index (κ2) is 11.2. The second-order valence-electron chi connectivity index (χ2n) is 9.92. The Labute approximate surface area is 201 Å². The van der Waals surface area contributed by atoms with Crippen LogP contribution >= 0.6 is 0 Å². The van der Waals surface area contributed by atoms with Gasteiger partial charge in [0.15, 0.2) is 11.6 Å². The van der Waals surface area contributed by atoms with E-state index in [9.17, 15) is 14.4 Å². The zero-order valence-corrected chi connectivity index (χ0v) is 20.9. The van der Waals surface area contributed by atoms with Crippen molar-refractivity contribution in [3.63, 3.8) is 0 Å². The summed E-state index contributed by atoms with van der Waals surface area (Å²) in [6, 6.07) is 12.9. The molecule has 0 fully saturated rings. The SMILES string of the molecule is COCCO/N=C(\OC(=O)c1ccc(C(=O)C(C)(C)C)cc1)c1ccc(C(=O)C(C)(C)C)cc1. The molecule has 0 bridgehead atoms. The molecule has 0 aromatic heterocycles. The van der Waals surface area contributed by atoms with Crippen LogP contribution in [0.4, 0.5) is 0 Å². The molecule has 7 heteroatoms. The van der Waals surface area contributed by atoms with E-state index in [4.69, 9.17) is 14.3 Å². The van der Waals surface area contributed by atoms with Crippen LogP contribution in [-0.2, 0) is 14.3 Å². The summed E-state index contributed by atoms with van der Waals surface area (Å²) in [7, 11) is 1.53. The van der Waals surface area contributed by atoms with E-state index in [1.807, 2.05) is 41.5 Å². The number of methoxy groups -OCH3 is 1. The molecule has 0 aliphatic carbocycles. The standard InChI is InChI=1S/C27H33NO6/c1-26(2,3)22(29)18-8-12-20(13-9-18)24(28-33-17-16-32-7)34-25(31)21-14-10-19(11-15-21)23(30)27(4,5)6/h8-15H,16-17H2,1-7H3/b28-24-. The molecule has 0 atom stereocenters. The third kappa shape index (κ3) is 7.35. The van der Waals surface area contributed by atoms with Gasteiger partial charge in [-0.3, -0.25) is 9.59 Å². The summed E-state index contributed by atoms with van der Waals surface area (Å²) in [6.45, 7) is 11.5. The highest BCUT2D eigenvalue weighted by Gasteiger charge is 2.24. The summed E-state index contributed by atoms with van der Waals surface area (Å²) in [5.74, 6) is -0.730. The molecule has 0 heterocycles. The average Bonchev–Trinajstić information content (AvgIpc) is 2.79. The summed E-state index contributed by atoms with van der Waals surface area (Å²) < 4.78 is 10.5. The van der Waals surface area contributed by atoms with Crippen molar-refractivity contribution >= 4 is 23.4 Å². The predicted molar refractivity (Wildman–Crippen MR) is 130 cm³/mol. The highest BCUT2D eigenvalue weighted by atomic mass is 16.7. The molecule has 34 heavy (non-hydrogen) atoms. The predicted octanol–water partition coefficient (Wildman–Crippen LogP) is 5.33. The monoisotopic (exact) mass is 467 g/mol. The normalized spacial score (nSPS) is 12.3. The lowest BCUT2D eigenvalue weighted by atomic mass is 9.86. The molecule has 0 amide bonds. The van der Waals surface area contributed by atoms with Crippen LogP contribution in [0.1, 0.15) is 78.2 Å². The zero-order chi connectivity index (χ0) is 25.5. The van der Waals surface area contributed by atoms with Crippen molar-refractivity contribution in [1.82, 2.24) is 0 Å². The van der Waals surface area contributed by atoms with E-state index in [0.717, 1.165) is 0 Å². The largest absolute Gasteiger partial charge is 0.400 e. The van der Waals surface area contributed by atoms with Crippen molar-refractivity contribution in [2.45, 2.75) is 41.5 Å². The minimum absolute atomic E-state index is 0.00391. The maximum Gasteiger partial charge on any atom is 0.344 e. The lowest BCUT2D eigenvalue weighted by Gasteiger charge is -2.17. The van der Waals surface area contributed by atoms with Crippen LogP contribution in [0.5, 0.6) is 0 Å². The summed E-state index contributed by atoms with van der Waals surface area (Å²) in [5.41, 5.74) is 0.739. The van der Waals surface area contributed by atoms with Gasteiger partial charge in [-0.1, -0.05) is 65.8 Å². The van der Waals surface area contributed by atoms with Gasteiger partial charge in [0.2, 0.25) is 0 Å². The quantitative estimate of drug-likeness (QED) is 0.130. The molecule has 0 aliphatic heterocycles. The molecule has 0 saturated carbocycles. The van der Waals surface area contributed by atoms with E-state index in [-0.39, 0.29) is 29.6 Å². The molecule has 0 aliphatic rings. The average molecular weight is 468 g/mol. The number of esters is 1. The van der Waals surface area contributed by atoms with Crippen LogP contribution in [0.25, 0.3) is 0 Å². The third-order valence-corrected chi connectivity index (χ3v) is 4.85. The Hall–Kier alpha value is -3.32. The van der Waals surface area contributed by atoms with Crippen molar-refractivity contribution in [3.05, 3.63) is 70.8 Å². The van der Waals surface area contributed by atoms with Crippen LogP contribution in [0.15, 0.2) is 53.7 Å². The Morgan fingerprint density at radius 3 is 1.50 bits per heavy atom. The topological polar surface area (TPSA) is 91.3 Å². The fourth-order valence-electron chi connectivity index (χ4n) is 2.89. The first-order valence-corrected chi connectivity index (χ1v) is 11.1. The molecule has 0 unspecified atom stereocenters. The number of nitrogens with zero attached hydrogens (tertiary/aromatic N) is 1. The Morgan fingerprint density at radius 1 is 0.676 bits per heavy atom. The minimum atomic E-state index is -0.654. The number of hydrogen-bond acceptors (Lipinski definition) is 7. The van der Waals surface area contributed by atoms with Gasteiger partial charge in [-0.2, -0.15) is 0 Å². The Kier molecular flexibility index (Phi) is 8.87. The van der Waals surface area contributed by atoms with Crippen molar-refractivity contribution in [1.29, 1.82) is 0 Å². The van der Waals surface area contributed by atoms with Crippen LogP contribution in [0.3, 0.4) is 0 Å². The van der Waals surface area contributed by atoms with Crippen molar-refractivity contribution < 1.29 is 28.7 Å². The molecule has 0 saturated heterocycles. The molecule has 0 N–H and O–H groups in total. The number of carbonyl (C=O) groups excluding carboxylic acids is 3. The number of rotatable bonds is 8. The Morgan fingerprint density at radius 2 is 1.09 bits per heavy atom. The van der Waals surface area contributed by atoms with Gasteiger partial charge in [0.25, 0.3) is 5.90 Å². The van der Waals surface area contributed by atoms with Crippen molar-refractivity contribution in [2.24, 2.45) is 16.0 Å². The smallest absolute Gasteiger partial charge is 0.344 e. The number of Topliss-reactive ketones (excluding diaryl/α,β-unsaturated/α-hetero) is 2. The van der Waals surface area contributed by atoms with E-state index in [0.29, 0.717) is 23.3 Å². The summed E-state index contributed by atoms with van der Waals surface area (Å²) >= 11 is 0. The van der Waals surface area contributed by atoms with Gasteiger partial charge in [0.1, 0.15) is 6.61 Å². The number of ether oxygens (including phenoxy) is 2.